The molecule has 0 radical (unpaired) electrons. The van der Waals surface area contributed by atoms with E-state index in [1.165, 1.54) is 0 Å². The molecule has 2 heterocycles. The second kappa shape index (κ2) is 8.95. The van der Waals surface area contributed by atoms with Crippen molar-refractivity contribution in [2.45, 2.75) is 12.7 Å². The number of ether oxygens (including phenoxy) is 1. The summed E-state index contributed by atoms with van der Waals surface area (Å²) in [6.45, 7) is 2.87. The zero-order valence-corrected chi connectivity index (χ0v) is 16.8. The Labute approximate surface area is 180 Å². The van der Waals surface area contributed by atoms with Crippen molar-refractivity contribution in [3.05, 3.63) is 71.3 Å². The molecule has 1 aliphatic rings. The van der Waals surface area contributed by atoms with Crippen molar-refractivity contribution in [3.63, 3.8) is 0 Å². The van der Waals surface area contributed by atoms with Crippen molar-refractivity contribution in [1.82, 2.24) is 20.3 Å². The van der Waals surface area contributed by atoms with E-state index in [2.05, 4.69) is 20.5 Å². The number of amides is 1. The van der Waals surface area contributed by atoms with Crippen molar-refractivity contribution in [1.29, 1.82) is 0 Å². The summed E-state index contributed by atoms with van der Waals surface area (Å²) in [7, 11) is 0. The fourth-order valence-electron chi connectivity index (χ4n) is 3.36. The standard InChI is InChI=1S/C21H19F4N5O2/c22-15-3-7-17(8-4-15)30-19(21(23,24)25)18(27-28-30)20(31)26-13-14-1-5-16(6-2-14)29-9-11-32-12-10-29/h1-8H,9-13H2,(H,26,31). The fourth-order valence-corrected chi connectivity index (χ4v) is 3.36. The maximum atomic E-state index is 13.7. The maximum Gasteiger partial charge on any atom is 0.435 e. The Hall–Kier alpha value is -3.47. The van der Waals surface area contributed by atoms with Gasteiger partial charge in [-0.2, -0.15) is 13.2 Å². The third-order valence-corrected chi connectivity index (χ3v) is 4.99. The zero-order chi connectivity index (χ0) is 22.7. The predicted molar refractivity (Wildman–Crippen MR) is 107 cm³/mol. The molecule has 4 rings (SSSR count). The lowest BCUT2D eigenvalue weighted by atomic mass is 10.2. The lowest BCUT2D eigenvalue weighted by Gasteiger charge is -2.28. The minimum atomic E-state index is -4.90. The van der Waals surface area contributed by atoms with Crippen LogP contribution in [0.25, 0.3) is 5.69 Å². The molecule has 0 atom stereocenters. The van der Waals surface area contributed by atoms with Gasteiger partial charge in [-0.05, 0) is 42.0 Å². The lowest BCUT2D eigenvalue weighted by Crippen LogP contribution is -2.36. The van der Waals surface area contributed by atoms with Crippen molar-refractivity contribution in [2.75, 3.05) is 31.2 Å². The number of hydrogen-bond donors (Lipinski definition) is 1. The first-order chi connectivity index (χ1) is 15.3. The average molecular weight is 449 g/mol. The minimum Gasteiger partial charge on any atom is -0.378 e. The molecule has 1 N–H and O–H groups in total. The first kappa shape index (κ1) is 21.8. The molecule has 0 aliphatic carbocycles. The number of nitrogens with zero attached hydrogens (tertiary/aromatic N) is 4. The SMILES string of the molecule is O=C(NCc1ccc(N2CCOCC2)cc1)c1nnn(-c2ccc(F)cc2)c1C(F)(F)F. The molecule has 2 aromatic carbocycles. The van der Waals surface area contributed by atoms with Gasteiger partial charge in [0.1, 0.15) is 5.82 Å². The first-order valence-corrected chi connectivity index (χ1v) is 9.81. The van der Waals surface area contributed by atoms with Crippen LogP contribution in [0.5, 0.6) is 0 Å². The van der Waals surface area contributed by atoms with Crippen LogP contribution in [-0.2, 0) is 17.5 Å². The second-order valence-corrected chi connectivity index (χ2v) is 7.12. The number of benzene rings is 2. The summed E-state index contributed by atoms with van der Waals surface area (Å²) in [6.07, 6.45) is -4.90. The topological polar surface area (TPSA) is 72.3 Å². The summed E-state index contributed by atoms with van der Waals surface area (Å²) in [5, 5.41) is 9.36. The molecule has 1 saturated heterocycles. The highest BCUT2D eigenvalue weighted by atomic mass is 19.4. The monoisotopic (exact) mass is 449 g/mol. The van der Waals surface area contributed by atoms with E-state index in [0.717, 1.165) is 48.6 Å². The molecule has 0 unspecified atom stereocenters. The first-order valence-electron chi connectivity index (χ1n) is 9.81. The van der Waals surface area contributed by atoms with Crippen LogP contribution in [0.4, 0.5) is 23.2 Å². The number of halogens is 4. The van der Waals surface area contributed by atoms with Gasteiger partial charge in [0.05, 0.1) is 18.9 Å². The van der Waals surface area contributed by atoms with Gasteiger partial charge in [-0.3, -0.25) is 4.79 Å². The summed E-state index contributed by atoms with van der Waals surface area (Å²) in [5.41, 5.74) is -0.528. The smallest absolute Gasteiger partial charge is 0.378 e. The van der Waals surface area contributed by atoms with E-state index in [1.54, 1.807) is 12.1 Å². The second-order valence-electron chi connectivity index (χ2n) is 7.12. The molecule has 1 fully saturated rings. The Kier molecular flexibility index (Phi) is 6.08. The number of nitrogens with one attached hydrogen (secondary N) is 1. The zero-order valence-electron chi connectivity index (χ0n) is 16.8. The van der Waals surface area contributed by atoms with Crippen molar-refractivity contribution < 1.29 is 27.1 Å². The van der Waals surface area contributed by atoms with Crippen LogP contribution < -0.4 is 10.2 Å². The van der Waals surface area contributed by atoms with Crippen LogP contribution >= 0.6 is 0 Å². The van der Waals surface area contributed by atoms with Crippen LogP contribution in [0.3, 0.4) is 0 Å². The van der Waals surface area contributed by atoms with E-state index < -0.39 is 29.3 Å². The molecule has 168 valence electrons. The predicted octanol–water partition coefficient (Wildman–Crippen LogP) is 3.19. The van der Waals surface area contributed by atoms with Crippen molar-refractivity contribution in [3.8, 4) is 5.69 Å². The number of carbonyl (C=O) groups is 1. The number of alkyl halides is 3. The molecule has 32 heavy (non-hydrogen) atoms. The Morgan fingerprint density at radius 1 is 1.00 bits per heavy atom. The normalized spacial score (nSPS) is 14.4. The lowest BCUT2D eigenvalue weighted by molar-refractivity contribution is -0.143. The van der Waals surface area contributed by atoms with Crippen LogP contribution in [0.15, 0.2) is 48.5 Å². The Morgan fingerprint density at radius 2 is 1.62 bits per heavy atom. The summed E-state index contributed by atoms with van der Waals surface area (Å²) in [4.78, 5) is 14.7. The van der Waals surface area contributed by atoms with E-state index in [-0.39, 0.29) is 12.2 Å². The van der Waals surface area contributed by atoms with Gasteiger partial charge in [0.25, 0.3) is 5.91 Å². The van der Waals surface area contributed by atoms with Crippen molar-refractivity contribution in [2.24, 2.45) is 0 Å². The van der Waals surface area contributed by atoms with Gasteiger partial charge in [-0.1, -0.05) is 17.3 Å². The molecule has 1 amide bonds. The highest BCUT2D eigenvalue weighted by molar-refractivity contribution is 5.93. The van der Waals surface area contributed by atoms with Crippen LogP contribution in [0.2, 0.25) is 0 Å². The molecule has 0 bridgehead atoms. The van der Waals surface area contributed by atoms with Gasteiger partial charge in [0.2, 0.25) is 0 Å². The van der Waals surface area contributed by atoms with Gasteiger partial charge >= 0.3 is 6.18 Å². The summed E-state index contributed by atoms with van der Waals surface area (Å²) in [5.74, 6) is -1.62. The van der Waals surface area contributed by atoms with Crippen molar-refractivity contribution >= 4 is 11.6 Å². The number of carbonyl (C=O) groups excluding carboxylic acids is 1. The van der Waals surface area contributed by atoms with Crippen LogP contribution in [0, 0.1) is 5.82 Å². The van der Waals surface area contributed by atoms with Gasteiger partial charge in [-0.25, -0.2) is 9.07 Å². The van der Waals surface area contributed by atoms with E-state index in [4.69, 9.17) is 4.74 Å². The third kappa shape index (κ3) is 4.72. The van der Waals surface area contributed by atoms with E-state index >= 15 is 0 Å². The number of anilines is 1. The number of morpholine rings is 1. The van der Waals surface area contributed by atoms with E-state index in [1.807, 2.05) is 12.1 Å². The molecule has 7 nitrogen and oxygen atoms in total. The van der Waals surface area contributed by atoms with Gasteiger partial charge in [0.15, 0.2) is 11.4 Å². The summed E-state index contributed by atoms with van der Waals surface area (Å²) in [6, 6.07) is 11.6. The number of aromatic nitrogens is 3. The Bertz CT molecular complexity index is 1080. The molecule has 11 heteroatoms. The Morgan fingerprint density at radius 3 is 2.25 bits per heavy atom. The largest absolute Gasteiger partial charge is 0.435 e. The van der Waals surface area contributed by atoms with Gasteiger partial charge in [-0.15, -0.1) is 5.10 Å². The molecular formula is C21H19F4N5O2. The molecule has 1 aliphatic heterocycles. The summed E-state index contributed by atoms with van der Waals surface area (Å²) >= 11 is 0. The highest BCUT2D eigenvalue weighted by Gasteiger charge is 2.42. The molecular weight excluding hydrogens is 430 g/mol. The van der Waals surface area contributed by atoms with Crippen LogP contribution in [-0.4, -0.2) is 47.2 Å². The molecule has 1 aromatic heterocycles. The number of rotatable bonds is 5. The highest BCUT2D eigenvalue weighted by Crippen LogP contribution is 2.32. The number of hydrogen-bond acceptors (Lipinski definition) is 5. The van der Waals surface area contributed by atoms with E-state index in [0.29, 0.717) is 17.9 Å². The molecule has 0 spiro atoms. The van der Waals surface area contributed by atoms with Gasteiger partial charge in [0, 0.05) is 25.3 Å². The maximum absolute atomic E-state index is 13.7. The third-order valence-electron chi connectivity index (χ3n) is 4.99. The minimum absolute atomic E-state index is 0.0168. The molecule has 0 saturated carbocycles. The summed E-state index contributed by atoms with van der Waals surface area (Å²) < 4.78 is 60.0. The van der Waals surface area contributed by atoms with Crippen LogP contribution in [0.1, 0.15) is 21.7 Å². The molecule has 3 aromatic rings. The Balaban J connectivity index is 1.49. The fraction of sp³-hybridized carbons (Fsp3) is 0.286. The average Bonchev–Trinajstić information content (AvgIpc) is 3.25. The van der Waals surface area contributed by atoms with Gasteiger partial charge < -0.3 is 15.0 Å². The van der Waals surface area contributed by atoms with E-state index in [9.17, 15) is 22.4 Å². The quantitative estimate of drug-likeness (QED) is 0.606.